The third-order valence-corrected chi connectivity index (χ3v) is 7.06. The Labute approximate surface area is 210 Å². The number of ether oxygens (including phenoxy) is 3. The molecule has 0 unspecified atom stereocenters. The minimum absolute atomic E-state index is 0.192. The van der Waals surface area contributed by atoms with E-state index in [1.165, 1.54) is 13.8 Å². The number of halogens is 6. The molecule has 2 aromatic heterocycles. The predicted molar refractivity (Wildman–Crippen MR) is 116 cm³/mol. The first-order valence-electron chi connectivity index (χ1n) is 9.98. The van der Waals surface area contributed by atoms with Crippen LogP contribution in [0, 0.1) is 0 Å². The van der Waals surface area contributed by atoms with Gasteiger partial charge in [0.2, 0.25) is 5.88 Å². The van der Waals surface area contributed by atoms with Crippen LogP contribution in [0.3, 0.4) is 0 Å². The number of carbonyl (C=O) groups excluding carboxylic acids is 1. The molecule has 0 fully saturated rings. The van der Waals surface area contributed by atoms with E-state index in [1.807, 2.05) is 0 Å². The number of pyridine rings is 1. The Morgan fingerprint density at radius 1 is 1.03 bits per heavy atom. The van der Waals surface area contributed by atoms with Crippen LogP contribution in [0.5, 0.6) is 11.6 Å². The molecule has 0 saturated carbocycles. The molecule has 0 aliphatic heterocycles. The molecule has 0 bridgehead atoms. The van der Waals surface area contributed by atoms with Crippen LogP contribution in [-0.4, -0.2) is 56.2 Å². The molecule has 3 aromatic rings. The summed E-state index contributed by atoms with van der Waals surface area (Å²) in [6, 6.07) is 1.69. The minimum Gasteiger partial charge on any atom is -0.431 e. The van der Waals surface area contributed by atoms with Crippen molar-refractivity contribution in [2.75, 3.05) is 7.11 Å². The Bertz CT molecular complexity index is 1610. The van der Waals surface area contributed by atoms with Gasteiger partial charge >= 0.3 is 37.3 Å². The monoisotopic (exact) mass is 594 g/mol. The highest BCUT2D eigenvalue weighted by Gasteiger charge is 2.50. The molecule has 0 atom stereocenters. The summed E-state index contributed by atoms with van der Waals surface area (Å²) in [5.74, 6) is -1.61. The standard InChI is InChI=1S/C19H16F6N2O9S2/c1-9(2)34-17(28)35-16-12(8-33-3)15-11-6-10(36-38(31,32)19(23,24)25)4-5-13(11)27(14(15)7-26-16)37(29,30)18(20,21)22/h4-7,9H,8H2,1-3H3. The molecule has 19 heteroatoms. The van der Waals surface area contributed by atoms with Gasteiger partial charge in [-0.05, 0) is 32.0 Å². The molecule has 1 aromatic carbocycles. The van der Waals surface area contributed by atoms with E-state index in [-0.39, 0.29) is 9.54 Å². The maximum Gasteiger partial charge on any atom is 0.534 e. The molecule has 2 heterocycles. The highest BCUT2D eigenvalue weighted by atomic mass is 32.2. The number of aromatic nitrogens is 2. The molecule has 0 saturated heterocycles. The number of hydrogen-bond donors (Lipinski definition) is 0. The highest BCUT2D eigenvalue weighted by Crippen LogP contribution is 2.41. The molecule has 210 valence electrons. The van der Waals surface area contributed by atoms with E-state index >= 15 is 0 Å². The summed E-state index contributed by atoms with van der Waals surface area (Å²) in [4.78, 5) is 15.7. The molecule has 0 amide bonds. The van der Waals surface area contributed by atoms with Crippen molar-refractivity contribution in [2.24, 2.45) is 0 Å². The molecule has 0 aliphatic carbocycles. The smallest absolute Gasteiger partial charge is 0.431 e. The summed E-state index contributed by atoms with van der Waals surface area (Å²) >= 11 is 0. The fraction of sp³-hybridized carbons (Fsp3) is 0.368. The number of benzene rings is 1. The second-order valence-corrected chi connectivity index (χ2v) is 10.9. The molecular formula is C19H16F6N2O9S2. The number of alkyl halides is 6. The van der Waals surface area contributed by atoms with E-state index in [0.29, 0.717) is 24.4 Å². The van der Waals surface area contributed by atoms with Crippen molar-refractivity contribution >= 4 is 48.1 Å². The second kappa shape index (κ2) is 9.77. The third-order valence-electron chi connectivity index (χ3n) is 4.62. The van der Waals surface area contributed by atoms with Gasteiger partial charge in [0, 0.05) is 17.9 Å². The van der Waals surface area contributed by atoms with Gasteiger partial charge in [0.15, 0.2) is 0 Å². The molecule has 0 spiro atoms. The fourth-order valence-corrected chi connectivity index (χ4v) is 4.72. The molecule has 0 radical (unpaired) electrons. The Hall–Kier alpha value is -3.32. The normalized spacial score (nSPS) is 13.3. The lowest BCUT2D eigenvalue weighted by Gasteiger charge is -2.13. The van der Waals surface area contributed by atoms with Crippen LogP contribution in [-0.2, 0) is 36.2 Å². The lowest BCUT2D eigenvalue weighted by Crippen LogP contribution is -2.29. The molecular weight excluding hydrogens is 578 g/mol. The van der Waals surface area contributed by atoms with Gasteiger partial charge in [-0.3, -0.25) is 0 Å². The zero-order valence-electron chi connectivity index (χ0n) is 19.2. The lowest BCUT2D eigenvalue weighted by atomic mass is 10.1. The van der Waals surface area contributed by atoms with Crippen molar-refractivity contribution in [3.63, 3.8) is 0 Å². The van der Waals surface area contributed by atoms with Gasteiger partial charge in [0.05, 0.1) is 35.5 Å². The summed E-state index contributed by atoms with van der Waals surface area (Å²) in [6.07, 6.45) is -1.36. The van der Waals surface area contributed by atoms with Crippen LogP contribution in [0.25, 0.3) is 21.8 Å². The zero-order valence-corrected chi connectivity index (χ0v) is 20.9. The first kappa shape index (κ1) is 29.2. The van der Waals surface area contributed by atoms with Gasteiger partial charge in [-0.2, -0.15) is 43.2 Å². The van der Waals surface area contributed by atoms with E-state index in [4.69, 9.17) is 14.2 Å². The van der Waals surface area contributed by atoms with Gasteiger partial charge in [-0.15, -0.1) is 0 Å². The Morgan fingerprint density at radius 3 is 2.18 bits per heavy atom. The van der Waals surface area contributed by atoms with Crippen molar-refractivity contribution in [1.29, 1.82) is 0 Å². The van der Waals surface area contributed by atoms with Gasteiger partial charge in [0.1, 0.15) is 5.75 Å². The quantitative estimate of drug-likeness (QED) is 0.169. The molecule has 0 aliphatic rings. The number of nitrogens with zero attached hydrogens (tertiary/aromatic N) is 2. The number of hydrogen-bond acceptors (Lipinski definition) is 10. The number of fused-ring (bicyclic) bond motifs is 3. The van der Waals surface area contributed by atoms with Gasteiger partial charge < -0.3 is 18.4 Å². The van der Waals surface area contributed by atoms with Gasteiger partial charge in [0.25, 0.3) is 0 Å². The van der Waals surface area contributed by atoms with E-state index in [9.17, 15) is 48.0 Å². The first-order chi connectivity index (χ1) is 17.3. The van der Waals surface area contributed by atoms with Crippen molar-refractivity contribution in [3.8, 4) is 11.6 Å². The van der Waals surface area contributed by atoms with Gasteiger partial charge in [-0.25, -0.2) is 13.8 Å². The van der Waals surface area contributed by atoms with Crippen molar-refractivity contribution < 1.29 is 66.4 Å². The largest absolute Gasteiger partial charge is 0.534 e. The Morgan fingerprint density at radius 2 is 1.66 bits per heavy atom. The van der Waals surface area contributed by atoms with E-state index in [1.54, 1.807) is 0 Å². The SMILES string of the molecule is COCc1c(OC(=O)OC(C)C)ncc2c1c1cc(OS(=O)(=O)C(F)(F)F)ccc1n2S(=O)(=O)C(F)(F)F. The van der Waals surface area contributed by atoms with Crippen LogP contribution in [0.2, 0.25) is 0 Å². The van der Waals surface area contributed by atoms with E-state index in [2.05, 4.69) is 9.17 Å². The second-order valence-electron chi connectivity index (χ2n) is 7.63. The Balaban J connectivity index is 2.43. The predicted octanol–water partition coefficient (Wildman–Crippen LogP) is 4.19. The van der Waals surface area contributed by atoms with Crippen molar-refractivity contribution in [1.82, 2.24) is 8.96 Å². The first-order valence-corrected chi connectivity index (χ1v) is 12.8. The maximum atomic E-state index is 13.5. The summed E-state index contributed by atoms with van der Waals surface area (Å²) in [6.45, 7) is 2.38. The van der Waals surface area contributed by atoms with Crippen LogP contribution in [0.4, 0.5) is 31.1 Å². The van der Waals surface area contributed by atoms with Crippen LogP contribution < -0.4 is 8.92 Å². The number of carbonyl (C=O) groups is 1. The van der Waals surface area contributed by atoms with Crippen molar-refractivity contribution in [2.45, 2.75) is 37.6 Å². The molecule has 11 nitrogen and oxygen atoms in total. The van der Waals surface area contributed by atoms with Gasteiger partial charge in [-0.1, -0.05) is 0 Å². The third kappa shape index (κ3) is 5.30. The van der Waals surface area contributed by atoms with Crippen molar-refractivity contribution in [3.05, 3.63) is 30.0 Å². The summed E-state index contributed by atoms with van der Waals surface area (Å²) in [5, 5.41) is -0.967. The van der Waals surface area contributed by atoms with Crippen LogP contribution in [0.15, 0.2) is 24.4 Å². The minimum atomic E-state index is -6.20. The summed E-state index contributed by atoms with van der Waals surface area (Å²) < 4.78 is 145. The zero-order chi connectivity index (χ0) is 28.8. The average Bonchev–Trinajstić information content (AvgIpc) is 3.07. The van der Waals surface area contributed by atoms with Crippen LogP contribution in [0.1, 0.15) is 19.4 Å². The number of methoxy groups -OCH3 is 1. The topological polar surface area (TPSA) is 140 Å². The average molecular weight is 594 g/mol. The van der Waals surface area contributed by atoms with E-state index in [0.717, 1.165) is 7.11 Å². The Kier molecular flexibility index (Phi) is 7.52. The molecule has 0 N–H and O–H groups in total. The summed E-state index contributed by atoms with van der Waals surface area (Å²) in [7, 11) is -11.3. The maximum absolute atomic E-state index is 13.5. The van der Waals surface area contributed by atoms with E-state index < -0.39 is 83.5 Å². The number of rotatable bonds is 7. The van der Waals surface area contributed by atoms with Crippen LogP contribution >= 0.6 is 0 Å². The molecule has 3 rings (SSSR count). The lowest BCUT2D eigenvalue weighted by molar-refractivity contribution is -0.0500. The summed E-state index contributed by atoms with van der Waals surface area (Å²) in [5.41, 5.74) is -13.5. The highest BCUT2D eigenvalue weighted by molar-refractivity contribution is 7.91. The fourth-order valence-electron chi connectivity index (χ4n) is 3.25. The molecule has 38 heavy (non-hydrogen) atoms.